The highest BCUT2D eigenvalue weighted by Crippen LogP contribution is 2.15. The third-order valence-electron chi connectivity index (χ3n) is 3.36. The van der Waals surface area contributed by atoms with E-state index in [1.165, 1.54) is 9.80 Å². The number of likely N-dealkylation sites (N-methyl/N-ethyl adjacent to an activating group) is 1. The second kappa shape index (κ2) is 6.86. The van der Waals surface area contributed by atoms with Crippen LogP contribution < -0.4 is 0 Å². The number of morpholine rings is 1. The Balaban J connectivity index is 2.15. The lowest BCUT2D eigenvalue weighted by molar-refractivity contribution is -0.159. The SMILES string of the molecule is CN(CC#N)C(=O)[C@@H]1COCC(=O)N1Cc1ccccc1. The zero-order chi connectivity index (χ0) is 15.2. The molecule has 1 fully saturated rings. The summed E-state index contributed by atoms with van der Waals surface area (Å²) >= 11 is 0. The van der Waals surface area contributed by atoms with E-state index < -0.39 is 6.04 Å². The molecule has 6 heteroatoms. The summed E-state index contributed by atoms with van der Waals surface area (Å²) < 4.78 is 5.19. The van der Waals surface area contributed by atoms with Crippen LogP contribution in [0.3, 0.4) is 0 Å². The van der Waals surface area contributed by atoms with Gasteiger partial charge in [-0.05, 0) is 5.56 Å². The molecule has 0 spiro atoms. The van der Waals surface area contributed by atoms with Crippen molar-refractivity contribution in [3.05, 3.63) is 35.9 Å². The van der Waals surface area contributed by atoms with Gasteiger partial charge in [0.05, 0.1) is 12.7 Å². The van der Waals surface area contributed by atoms with Crippen LogP contribution in [0.4, 0.5) is 0 Å². The first-order valence-corrected chi connectivity index (χ1v) is 6.66. The molecule has 6 nitrogen and oxygen atoms in total. The van der Waals surface area contributed by atoms with Crippen LogP contribution in [0.5, 0.6) is 0 Å². The third kappa shape index (κ3) is 3.58. The van der Waals surface area contributed by atoms with Crippen molar-refractivity contribution in [3.8, 4) is 6.07 Å². The first kappa shape index (κ1) is 15.0. The normalized spacial score (nSPS) is 18.2. The molecule has 21 heavy (non-hydrogen) atoms. The lowest BCUT2D eigenvalue weighted by Crippen LogP contribution is -2.56. The molecule has 2 amide bonds. The van der Waals surface area contributed by atoms with E-state index in [9.17, 15) is 9.59 Å². The first-order chi connectivity index (χ1) is 10.1. The van der Waals surface area contributed by atoms with Gasteiger partial charge >= 0.3 is 0 Å². The van der Waals surface area contributed by atoms with E-state index >= 15 is 0 Å². The van der Waals surface area contributed by atoms with E-state index in [0.717, 1.165) is 5.56 Å². The molecule has 1 saturated heterocycles. The molecule has 1 aromatic carbocycles. The average molecular weight is 287 g/mol. The number of benzene rings is 1. The zero-order valence-corrected chi connectivity index (χ0v) is 11.9. The molecule has 0 aromatic heterocycles. The number of rotatable bonds is 4. The monoisotopic (exact) mass is 287 g/mol. The molecule has 0 aliphatic carbocycles. The fourth-order valence-electron chi connectivity index (χ4n) is 2.23. The lowest BCUT2D eigenvalue weighted by atomic mass is 10.1. The van der Waals surface area contributed by atoms with E-state index in [4.69, 9.17) is 10.00 Å². The summed E-state index contributed by atoms with van der Waals surface area (Å²) in [6.07, 6.45) is 0. The molecule has 1 aliphatic rings. The fraction of sp³-hybridized carbons (Fsp3) is 0.400. The van der Waals surface area contributed by atoms with Crippen molar-refractivity contribution in [2.45, 2.75) is 12.6 Å². The van der Waals surface area contributed by atoms with Gasteiger partial charge in [0.15, 0.2) is 0 Å². The number of carbonyl (C=O) groups is 2. The highest BCUT2D eigenvalue weighted by molar-refractivity contribution is 5.89. The number of ether oxygens (including phenoxy) is 1. The number of carbonyl (C=O) groups excluding carboxylic acids is 2. The van der Waals surface area contributed by atoms with Crippen LogP contribution in [-0.4, -0.2) is 54.5 Å². The van der Waals surface area contributed by atoms with Crippen LogP contribution in [0.15, 0.2) is 30.3 Å². The molecular formula is C15H17N3O3. The maximum Gasteiger partial charge on any atom is 0.249 e. The van der Waals surface area contributed by atoms with E-state index in [1.54, 1.807) is 7.05 Å². The van der Waals surface area contributed by atoms with E-state index in [2.05, 4.69) is 0 Å². The minimum Gasteiger partial charge on any atom is -0.369 e. The highest BCUT2D eigenvalue weighted by Gasteiger charge is 2.35. The van der Waals surface area contributed by atoms with Crippen molar-refractivity contribution in [3.63, 3.8) is 0 Å². The summed E-state index contributed by atoms with van der Waals surface area (Å²) in [5.41, 5.74) is 0.952. The van der Waals surface area contributed by atoms with Crippen LogP contribution in [0.2, 0.25) is 0 Å². The Bertz CT molecular complexity index is 553. The second-order valence-corrected chi connectivity index (χ2v) is 4.89. The summed E-state index contributed by atoms with van der Waals surface area (Å²) in [5, 5.41) is 8.68. The maximum atomic E-state index is 12.3. The summed E-state index contributed by atoms with van der Waals surface area (Å²) in [4.78, 5) is 27.2. The van der Waals surface area contributed by atoms with Crippen LogP contribution in [-0.2, 0) is 20.9 Å². The fourth-order valence-corrected chi connectivity index (χ4v) is 2.23. The van der Waals surface area contributed by atoms with Gasteiger partial charge in [-0.2, -0.15) is 5.26 Å². The molecule has 110 valence electrons. The molecule has 2 rings (SSSR count). The Labute approximate surface area is 123 Å². The molecule has 0 saturated carbocycles. The highest BCUT2D eigenvalue weighted by atomic mass is 16.5. The van der Waals surface area contributed by atoms with Gasteiger partial charge in [0.1, 0.15) is 19.2 Å². The van der Waals surface area contributed by atoms with Crippen LogP contribution in [0.25, 0.3) is 0 Å². The lowest BCUT2D eigenvalue weighted by Gasteiger charge is -2.36. The van der Waals surface area contributed by atoms with E-state index in [1.807, 2.05) is 36.4 Å². The maximum absolute atomic E-state index is 12.3. The summed E-state index contributed by atoms with van der Waals surface area (Å²) in [5.74, 6) is -0.491. The van der Waals surface area contributed by atoms with Crippen LogP contribution >= 0.6 is 0 Å². The molecule has 0 unspecified atom stereocenters. The van der Waals surface area contributed by atoms with E-state index in [0.29, 0.717) is 6.54 Å². The Morgan fingerprint density at radius 2 is 2.19 bits per heavy atom. The average Bonchev–Trinajstić information content (AvgIpc) is 2.50. The van der Waals surface area contributed by atoms with Crippen LogP contribution in [0.1, 0.15) is 5.56 Å². The first-order valence-electron chi connectivity index (χ1n) is 6.66. The predicted octanol–water partition coefficient (Wildman–Crippen LogP) is 0.396. The van der Waals surface area contributed by atoms with Gasteiger partial charge in [-0.25, -0.2) is 0 Å². The summed E-state index contributed by atoms with van der Waals surface area (Å²) in [7, 11) is 1.55. The van der Waals surface area contributed by atoms with Gasteiger partial charge in [-0.1, -0.05) is 30.3 Å². The quantitative estimate of drug-likeness (QED) is 0.751. The van der Waals surface area contributed by atoms with Crippen molar-refractivity contribution >= 4 is 11.8 Å². The van der Waals surface area contributed by atoms with Gasteiger partial charge in [0, 0.05) is 13.6 Å². The Kier molecular flexibility index (Phi) is 4.90. The minimum absolute atomic E-state index is 0.0112. The number of nitriles is 1. The smallest absolute Gasteiger partial charge is 0.249 e. The Hall–Kier alpha value is -2.39. The topological polar surface area (TPSA) is 73.6 Å². The van der Waals surface area contributed by atoms with Gasteiger partial charge in [0.25, 0.3) is 0 Å². The van der Waals surface area contributed by atoms with Crippen molar-refractivity contribution in [1.82, 2.24) is 9.80 Å². The number of nitrogens with zero attached hydrogens (tertiary/aromatic N) is 3. The predicted molar refractivity (Wildman–Crippen MR) is 74.8 cm³/mol. The molecule has 0 radical (unpaired) electrons. The van der Waals surface area contributed by atoms with Crippen molar-refractivity contribution in [2.24, 2.45) is 0 Å². The minimum atomic E-state index is -0.676. The molecule has 0 N–H and O–H groups in total. The molecule has 1 atom stereocenters. The number of hydrogen-bond acceptors (Lipinski definition) is 4. The summed E-state index contributed by atoms with van der Waals surface area (Å²) in [6.45, 7) is 0.494. The van der Waals surface area contributed by atoms with Crippen molar-refractivity contribution in [1.29, 1.82) is 5.26 Å². The number of hydrogen-bond donors (Lipinski definition) is 0. The van der Waals surface area contributed by atoms with Crippen molar-refractivity contribution < 1.29 is 14.3 Å². The third-order valence-corrected chi connectivity index (χ3v) is 3.36. The van der Waals surface area contributed by atoms with Crippen molar-refractivity contribution in [2.75, 3.05) is 26.8 Å². The number of amides is 2. The second-order valence-electron chi connectivity index (χ2n) is 4.89. The van der Waals surface area contributed by atoms with Crippen LogP contribution in [0, 0.1) is 11.3 Å². The molecule has 0 bridgehead atoms. The molecule has 1 aliphatic heterocycles. The molecule has 1 aromatic rings. The standard InChI is InChI=1S/C15H17N3O3/c1-17(8-7-16)15(20)13-10-21-11-14(19)18(13)9-12-5-3-2-4-6-12/h2-6,13H,8-11H2,1H3/t13-/m0/s1. The Morgan fingerprint density at radius 3 is 2.86 bits per heavy atom. The van der Waals surface area contributed by atoms with Gasteiger partial charge in [-0.3, -0.25) is 9.59 Å². The van der Waals surface area contributed by atoms with E-state index in [-0.39, 0.29) is 31.6 Å². The Morgan fingerprint density at radius 1 is 1.48 bits per heavy atom. The van der Waals surface area contributed by atoms with Gasteiger partial charge < -0.3 is 14.5 Å². The molecular weight excluding hydrogens is 270 g/mol. The zero-order valence-electron chi connectivity index (χ0n) is 11.9. The summed E-state index contributed by atoms with van der Waals surface area (Å²) in [6, 6.07) is 10.7. The largest absolute Gasteiger partial charge is 0.369 e. The van der Waals surface area contributed by atoms with Gasteiger partial charge in [0.2, 0.25) is 11.8 Å². The van der Waals surface area contributed by atoms with Gasteiger partial charge in [-0.15, -0.1) is 0 Å². The molecule has 1 heterocycles.